The van der Waals surface area contributed by atoms with Crippen LogP contribution in [0.3, 0.4) is 0 Å². The minimum atomic E-state index is -0.788. The topological polar surface area (TPSA) is 94.5 Å². The summed E-state index contributed by atoms with van der Waals surface area (Å²) in [6.45, 7) is 6.29. The Labute approximate surface area is 189 Å². The number of aryl methyl sites for hydroxylation is 2. The number of carbonyl (C=O) groups excluding carboxylic acids is 2. The molecule has 7 heteroatoms. The van der Waals surface area contributed by atoms with Gasteiger partial charge in [-0.25, -0.2) is 0 Å². The van der Waals surface area contributed by atoms with E-state index in [0.29, 0.717) is 32.7 Å². The monoisotopic (exact) mass is 434 g/mol. The number of carbonyl (C=O) groups is 2. The zero-order valence-corrected chi connectivity index (χ0v) is 18.6. The molecule has 0 aliphatic carbocycles. The second kappa shape index (κ2) is 11.4. The van der Waals surface area contributed by atoms with E-state index >= 15 is 0 Å². The number of nitriles is 1. The molecule has 1 unspecified atom stereocenters. The van der Waals surface area contributed by atoms with E-state index in [1.807, 2.05) is 62.4 Å². The molecule has 2 amide bonds. The largest absolute Gasteiger partial charge is 0.379 e. The fourth-order valence-electron chi connectivity index (χ4n) is 4.13. The van der Waals surface area contributed by atoms with Crippen molar-refractivity contribution >= 4 is 11.8 Å². The number of benzene rings is 2. The number of amides is 2. The van der Waals surface area contributed by atoms with Gasteiger partial charge in [0.25, 0.3) is 0 Å². The summed E-state index contributed by atoms with van der Waals surface area (Å²) in [5.74, 6) is -0.604. The summed E-state index contributed by atoms with van der Waals surface area (Å²) in [4.78, 5) is 28.4. The van der Waals surface area contributed by atoms with Gasteiger partial charge in [0.2, 0.25) is 11.8 Å². The summed E-state index contributed by atoms with van der Waals surface area (Å²) in [5, 5.41) is 14.4. The number of nitrogens with one attached hydrogen (secondary N) is 2. The summed E-state index contributed by atoms with van der Waals surface area (Å²) in [6, 6.07) is 16.3. The predicted molar refractivity (Wildman–Crippen MR) is 122 cm³/mol. The van der Waals surface area contributed by atoms with Gasteiger partial charge < -0.3 is 15.4 Å². The summed E-state index contributed by atoms with van der Waals surface area (Å²) < 4.78 is 5.46. The van der Waals surface area contributed by atoms with E-state index in [2.05, 4.69) is 21.6 Å². The van der Waals surface area contributed by atoms with E-state index < -0.39 is 12.1 Å². The van der Waals surface area contributed by atoms with E-state index in [4.69, 9.17) is 10.00 Å². The van der Waals surface area contributed by atoms with E-state index in [9.17, 15) is 9.59 Å². The van der Waals surface area contributed by atoms with E-state index in [1.165, 1.54) is 0 Å². The van der Waals surface area contributed by atoms with Gasteiger partial charge in [0, 0.05) is 19.5 Å². The van der Waals surface area contributed by atoms with Gasteiger partial charge in [0.05, 0.1) is 19.3 Å². The Morgan fingerprint density at radius 2 is 1.72 bits per heavy atom. The number of nitrogens with zero attached hydrogens (tertiary/aromatic N) is 2. The Kier molecular flexibility index (Phi) is 8.37. The lowest BCUT2D eigenvalue weighted by molar-refractivity contribution is -0.133. The van der Waals surface area contributed by atoms with Crippen molar-refractivity contribution in [1.29, 1.82) is 5.26 Å². The molecule has 0 radical (unpaired) electrons. The predicted octanol–water partition coefficient (Wildman–Crippen LogP) is 2.04. The molecule has 2 aromatic carbocycles. The standard InChI is InChI=1S/C25H30N4O3/c1-18-14-19(2)16-20(15-18)17-22(24(30)27-9-8-26)28-25(31)23(21-6-4-3-5-7-21)29-10-12-32-13-11-29/h3-7,14-16,22-23H,9-13,17H2,1-2H3,(H,27,30)(H,28,31)/t22-,23?/m0/s1. The van der Waals surface area contributed by atoms with Crippen molar-refractivity contribution in [2.24, 2.45) is 0 Å². The van der Waals surface area contributed by atoms with Crippen molar-refractivity contribution < 1.29 is 14.3 Å². The molecular weight excluding hydrogens is 404 g/mol. The molecule has 0 saturated carbocycles. The van der Waals surface area contributed by atoms with Crippen molar-refractivity contribution in [3.05, 3.63) is 70.8 Å². The highest BCUT2D eigenvalue weighted by molar-refractivity contribution is 5.90. The second-order valence-corrected chi connectivity index (χ2v) is 8.10. The minimum Gasteiger partial charge on any atom is -0.379 e. The van der Waals surface area contributed by atoms with Gasteiger partial charge in [-0.3, -0.25) is 14.5 Å². The van der Waals surface area contributed by atoms with Crippen LogP contribution >= 0.6 is 0 Å². The Morgan fingerprint density at radius 1 is 1.06 bits per heavy atom. The van der Waals surface area contributed by atoms with Crippen LogP contribution in [0.1, 0.15) is 28.3 Å². The molecule has 1 aliphatic heterocycles. The third-order valence-electron chi connectivity index (χ3n) is 5.47. The van der Waals surface area contributed by atoms with Crippen LogP contribution in [0.5, 0.6) is 0 Å². The number of morpholine rings is 1. The average Bonchev–Trinajstić information content (AvgIpc) is 2.78. The van der Waals surface area contributed by atoms with Gasteiger partial charge in [-0.2, -0.15) is 5.26 Å². The molecule has 7 nitrogen and oxygen atoms in total. The zero-order valence-electron chi connectivity index (χ0n) is 18.6. The number of hydrogen-bond acceptors (Lipinski definition) is 5. The normalized spacial score (nSPS) is 15.9. The third-order valence-corrected chi connectivity index (χ3v) is 5.47. The van der Waals surface area contributed by atoms with Gasteiger partial charge in [0.1, 0.15) is 18.6 Å². The maximum Gasteiger partial charge on any atom is 0.243 e. The lowest BCUT2D eigenvalue weighted by Gasteiger charge is -2.34. The van der Waals surface area contributed by atoms with Crippen molar-refractivity contribution in [2.45, 2.75) is 32.4 Å². The van der Waals surface area contributed by atoms with Crippen molar-refractivity contribution in [3.8, 4) is 6.07 Å². The van der Waals surface area contributed by atoms with Gasteiger partial charge in [-0.05, 0) is 25.0 Å². The molecule has 0 spiro atoms. The maximum atomic E-state index is 13.5. The molecule has 168 valence electrons. The van der Waals surface area contributed by atoms with Crippen molar-refractivity contribution in [2.75, 3.05) is 32.8 Å². The first-order valence-electron chi connectivity index (χ1n) is 10.9. The molecule has 1 fully saturated rings. The van der Waals surface area contributed by atoms with E-state index in [0.717, 1.165) is 22.3 Å². The minimum absolute atomic E-state index is 0.108. The molecular formula is C25H30N4O3. The molecule has 1 saturated heterocycles. The van der Waals surface area contributed by atoms with Crippen LogP contribution in [-0.4, -0.2) is 55.6 Å². The SMILES string of the molecule is Cc1cc(C)cc(C[C@H](NC(=O)C(c2ccccc2)N2CCOCC2)C(=O)NCC#N)c1. The zero-order chi connectivity index (χ0) is 22.9. The summed E-state index contributed by atoms with van der Waals surface area (Å²) in [6.07, 6.45) is 0.343. The van der Waals surface area contributed by atoms with Crippen molar-refractivity contribution in [3.63, 3.8) is 0 Å². The maximum absolute atomic E-state index is 13.5. The molecule has 2 aromatic rings. The van der Waals surface area contributed by atoms with Crippen LogP contribution in [0.15, 0.2) is 48.5 Å². The Hall–Kier alpha value is -3.21. The number of ether oxygens (including phenoxy) is 1. The molecule has 0 bridgehead atoms. The Balaban J connectivity index is 1.85. The average molecular weight is 435 g/mol. The fraction of sp³-hybridized carbons (Fsp3) is 0.400. The van der Waals surface area contributed by atoms with Gasteiger partial charge >= 0.3 is 0 Å². The van der Waals surface area contributed by atoms with Crippen LogP contribution in [0.25, 0.3) is 0 Å². The first kappa shape index (κ1) is 23.5. The molecule has 1 heterocycles. The van der Waals surface area contributed by atoms with Crippen LogP contribution in [0, 0.1) is 25.2 Å². The van der Waals surface area contributed by atoms with Gasteiger partial charge in [-0.1, -0.05) is 59.7 Å². The molecule has 2 atom stereocenters. The molecule has 3 rings (SSSR count). The summed E-state index contributed by atoms with van der Waals surface area (Å²) in [7, 11) is 0. The highest BCUT2D eigenvalue weighted by Crippen LogP contribution is 2.22. The van der Waals surface area contributed by atoms with Crippen LogP contribution in [0.4, 0.5) is 0 Å². The summed E-state index contributed by atoms with van der Waals surface area (Å²) in [5.41, 5.74) is 4.02. The number of rotatable bonds is 8. The highest BCUT2D eigenvalue weighted by Gasteiger charge is 2.32. The van der Waals surface area contributed by atoms with Crippen molar-refractivity contribution in [1.82, 2.24) is 15.5 Å². The molecule has 1 aliphatic rings. The fourth-order valence-corrected chi connectivity index (χ4v) is 4.13. The quantitative estimate of drug-likeness (QED) is 0.620. The van der Waals surface area contributed by atoms with Crippen LogP contribution in [0.2, 0.25) is 0 Å². The molecule has 32 heavy (non-hydrogen) atoms. The second-order valence-electron chi connectivity index (χ2n) is 8.10. The number of hydrogen-bond donors (Lipinski definition) is 2. The van der Waals surface area contributed by atoms with E-state index in [-0.39, 0.29) is 18.4 Å². The third kappa shape index (κ3) is 6.39. The smallest absolute Gasteiger partial charge is 0.243 e. The molecule has 2 N–H and O–H groups in total. The first-order valence-corrected chi connectivity index (χ1v) is 10.9. The lowest BCUT2D eigenvalue weighted by atomic mass is 9.99. The van der Waals surface area contributed by atoms with Crippen LogP contribution in [-0.2, 0) is 20.7 Å². The lowest BCUT2D eigenvalue weighted by Crippen LogP contribution is -2.52. The first-order chi connectivity index (χ1) is 15.5. The Morgan fingerprint density at radius 3 is 2.34 bits per heavy atom. The highest BCUT2D eigenvalue weighted by atomic mass is 16.5. The van der Waals surface area contributed by atoms with E-state index in [1.54, 1.807) is 0 Å². The molecule has 0 aromatic heterocycles. The van der Waals surface area contributed by atoms with Crippen LogP contribution < -0.4 is 10.6 Å². The Bertz CT molecular complexity index is 945. The van der Waals surface area contributed by atoms with Gasteiger partial charge in [0.15, 0.2) is 0 Å². The summed E-state index contributed by atoms with van der Waals surface area (Å²) >= 11 is 0. The van der Waals surface area contributed by atoms with Gasteiger partial charge in [-0.15, -0.1) is 0 Å².